The van der Waals surface area contributed by atoms with Crippen LogP contribution in [0.2, 0.25) is 0 Å². The summed E-state index contributed by atoms with van der Waals surface area (Å²) < 4.78 is 15.7. The first-order valence-electron chi connectivity index (χ1n) is 15.7. The highest BCUT2D eigenvalue weighted by Gasteiger charge is 2.25. The van der Waals surface area contributed by atoms with Gasteiger partial charge in [-0.15, -0.1) is 0 Å². The molecule has 0 bridgehead atoms. The Morgan fingerprint density at radius 3 is 1.27 bits per heavy atom. The van der Waals surface area contributed by atoms with Crippen molar-refractivity contribution in [3.8, 4) is 0 Å². The molecule has 2 amide bonds. The van der Waals surface area contributed by atoms with Crippen LogP contribution < -0.4 is 9.80 Å². The summed E-state index contributed by atoms with van der Waals surface area (Å²) in [6.45, 7) is 11.8. The summed E-state index contributed by atoms with van der Waals surface area (Å²) >= 11 is 0. The number of methoxy groups -OCH3 is 1. The van der Waals surface area contributed by atoms with Crippen molar-refractivity contribution in [2.45, 2.75) is 72.4 Å². The zero-order valence-electron chi connectivity index (χ0n) is 28.8. The average molecular weight is 655 g/mol. The minimum atomic E-state index is -0.599. The number of aliphatic hydroxyl groups excluding tert-OH is 1. The van der Waals surface area contributed by atoms with Crippen LogP contribution in [0.25, 0.3) is 0 Å². The van der Waals surface area contributed by atoms with Gasteiger partial charge in [0.15, 0.2) is 0 Å². The topological polar surface area (TPSA) is 106 Å². The highest BCUT2D eigenvalue weighted by molar-refractivity contribution is 5.92. The van der Waals surface area contributed by atoms with Gasteiger partial charge in [-0.05, 0) is 94.6 Å². The fourth-order valence-electron chi connectivity index (χ4n) is 4.37. The molecule has 4 rings (SSSR count). The third-order valence-corrected chi connectivity index (χ3v) is 6.63. The Balaban J connectivity index is 0.000000261. The molecule has 0 saturated carbocycles. The Kier molecular flexibility index (Phi) is 13.3. The van der Waals surface area contributed by atoms with Gasteiger partial charge in [0.1, 0.15) is 11.2 Å². The number of rotatable bonds is 8. The number of carbonyl (C=O) groups is 3. The monoisotopic (exact) mass is 654 g/mol. The van der Waals surface area contributed by atoms with Crippen molar-refractivity contribution >= 4 is 29.5 Å². The second-order valence-corrected chi connectivity index (χ2v) is 13.0. The van der Waals surface area contributed by atoms with Crippen LogP contribution in [0.4, 0.5) is 21.0 Å². The molecule has 0 aromatic heterocycles. The summed E-state index contributed by atoms with van der Waals surface area (Å²) in [7, 11) is 1.33. The van der Waals surface area contributed by atoms with Gasteiger partial charge in [-0.2, -0.15) is 0 Å². The van der Waals surface area contributed by atoms with Crippen molar-refractivity contribution in [2.75, 3.05) is 16.9 Å². The average Bonchev–Trinajstić information content (AvgIpc) is 3.05. The van der Waals surface area contributed by atoms with E-state index in [2.05, 4.69) is 0 Å². The highest BCUT2D eigenvalue weighted by atomic mass is 16.6. The molecule has 0 aliphatic rings. The van der Waals surface area contributed by atoms with Crippen molar-refractivity contribution in [1.82, 2.24) is 0 Å². The SMILES string of the molecule is CC(C)(C)OC(=O)N(Cc1ccccc1)c1ccc(CO)cc1.COC(=O)c1ccc(N(Cc2ccccc2)C(=O)OC(C)(C)C)cc1. The molecule has 9 nitrogen and oxygen atoms in total. The van der Waals surface area contributed by atoms with E-state index in [0.29, 0.717) is 24.3 Å². The number of benzene rings is 4. The molecule has 0 spiro atoms. The maximum absolute atomic E-state index is 12.7. The predicted octanol–water partition coefficient (Wildman–Crippen LogP) is 8.54. The highest BCUT2D eigenvalue weighted by Crippen LogP contribution is 2.23. The van der Waals surface area contributed by atoms with Gasteiger partial charge in [-0.3, -0.25) is 9.80 Å². The second kappa shape index (κ2) is 17.1. The van der Waals surface area contributed by atoms with Gasteiger partial charge < -0.3 is 19.3 Å². The maximum Gasteiger partial charge on any atom is 0.415 e. The molecule has 0 fully saturated rings. The lowest BCUT2D eigenvalue weighted by Crippen LogP contribution is -2.36. The third-order valence-electron chi connectivity index (χ3n) is 6.63. The fourth-order valence-corrected chi connectivity index (χ4v) is 4.37. The van der Waals surface area contributed by atoms with Crippen molar-refractivity contribution in [2.24, 2.45) is 0 Å². The number of hydrogen-bond donors (Lipinski definition) is 1. The van der Waals surface area contributed by atoms with E-state index in [1.807, 2.05) is 114 Å². The fraction of sp³-hybridized carbons (Fsp3) is 0.308. The van der Waals surface area contributed by atoms with Crippen LogP contribution in [-0.2, 0) is 33.9 Å². The first-order chi connectivity index (χ1) is 22.7. The maximum atomic E-state index is 12.7. The molecule has 0 aliphatic carbocycles. The summed E-state index contributed by atoms with van der Waals surface area (Å²) in [4.78, 5) is 39.9. The quantitative estimate of drug-likeness (QED) is 0.150. The van der Waals surface area contributed by atoms with Crippen molar-refractivity contribution < 1.29 is 33.7 Å². The summed E-state index contributed by atoms with van der Waals surface area (Å²) in [5.41, 5.74) is 3.45. The van der Waals surface area contributed by atoms with Gasteiger partial charge in [0, 0.05) is 11.4 Å². The number of carbonyl (C=O) groups excluding carboxylic acids is 3. The van der Waals surface area contributed by atoms with E-state index in [4.69, 9.17) is 19.3 Å². The van der Waals surface area contributed by atoms with Crippen LogP contribution >= 0.6 is 0 Å². The lowest BCUT2D eigenvalue weighted by molar-refractivity contribution is 0.0566. The van der Waals surface area contributed by atoms with E-state index in [1.54, 1.807) is 46.2 Å². The van der Waals surface area contributed by atoms with Crippen LogP contribution in [0, 0.1) is 0 Å². The molecule has 254 valence electrons. The number of amides is 2. The van der Waals surface area contributed by atoms with Gasteiger partial charge in [0.25, 0.3) is 0 Å². The predicted molar refractivity (Wildman–Crippen MR) is 188 cm³/mol. The molecule has 0 radical (unpaired) electrons. The van der Waals surface area contributed by atoms with Crippen LogP contribution in [0.5, 0.6) is 0 Å². The van der Waals surface area contributed by atoms with Gasteiger partial charge in [-0.1, -0.05) is 72.8 Å². The molecule has 0 unspecified atom stereocenters. The van der Waals surface area contributed by atoms with Crippen LogP contribution in [-0.4, -0.2) is 41.6 Å². The summed E-state index contributed by atoms with van der Waals surface area (Å²) in [6.07, 6.45) is -0.833. The Labute approximate surface area is 283 Å². The van der Waals surface area contributed by atoms with E-state index in [-0.39, 0.29) is 6.61 Å². The molecule has 48 heavy (non-hydrogen) atoms. The zero-order chi connectivity index (χ0) is 35.3. The van der Waals surface area contributed by atoms with Gasteiger partial charge >= 0.3 is 18.2 Å². The Hall–Kier alpha value is -5.15. The van der Waals surface area contributed by atoms with Gasteiger partial charge in [-0.25, -0.2) is 14.4 Å². The molecule has 9 heteroatoms. The number of ether oxygens (including phenoxy) is 3. The van der Waals surface area contributed by atoms with E-state index >= 15 is 0 Å². The molecule has 0 heterocycles. The van der Waals surface area contributed by atoms with Crippen molar-refractivity contribution in [1.29, 1.82) is 0 Å². The minimum Gasteiger partial charge on any atom is -0.465 e. The summed E-state index contributed by atoms with van der Waals surface area (Å²) in [5, 5.41) is 9.16. The largest absolute Gasteiger partial charge is 0.465 e. The van der Waals surface area contributed by atoms with Crippen LogP contribution in [0.15, 0.2) is 109 Å². The van der Waals surface area contributed by atoms with E-state index in [0.717, 1.165) is 22.4 Å². The Bertz CT molecular complexity index is 1590. The zero-order valence-corrected chi connectivity index (χ0v) is 28.8. The molecule has 4 aromatic rings. The molecule has 0 atom stereocenters. The van der Waals surface area contributed by atoms with Gasteiger partial charge in [0.05, 0.1) is 32.4 Å². The molecular weight excluding hydrogens is 608 g/mol. The minimum absolute atomic E-state index is 0.0224. The molecular formula is C39H46N2O7. The third kappa shape index (κ3) is 12.2. The normalized spacial score (nSPS) is 11.0. The number of anilines is 2. The number of nitrogens with zero attached hydrogens (tertiary/aromatic N) is 2. The number of aliphatic hydroxyl groups is 1. The lowest BCUT2D eigenvalue weighted by atomic mass is 10.1. The van der Waals surface area contributed by atoms with E-state index < -0.39 is 29.4 Å². The van der Waals surface area contributed by atoms with Crippen molar-refractivity contribution in [3.05, 3.63) is 131 Å². The first-order valence-corrected chi connectivity index (χ1v) is 15.7. The standard InChI is InChI=1S/C20H23NO4.C19H23NO3/c1-20(2,3)25-19(23)21(14-15-8-6-5-7-9-15)17-12-10-16(11-13-17)18(22)24-4;1-19(2,3)23-18(22)20(13-15-7-5-4-6-8-15)17-11-9-16(14-21)10-12-17/h5-13H,14H2,1-4H3;4-12,21H,13-14H2,1-3H3. The smallest absolute Gasteiger partial charge is 0.415 e. The number of hydrogen-bond acceptors (Lipinski definition) is 7. The second-order valence-electron chi connectivity index (χ2n) is 13.0. The molecule has 1 N–H and O–H groups in total. The van der Waals surface area contributed by atoms with Gasteiger partial charge in [0.2, 0.25) is 0 Å². The molecule has 4 aromatic carbocycles. The van der Waals surface area contributed by atoms with E-state index in [9.17, 15) is 14.4 Å². The molecule has 0 aliphatic heterocycles. The van der Waals surface area contributed by atoms with Crippen molar-refractivity contribution in [3.63, 3.8) is 0 Å². The summed E-state index contributed by atoms with van der Waals surface area (Å²) in [5.74, 6) is -0.418. The van der Waals surface area contributed by atoms with Crippen LogP contribution in [0.1, 0.15) is 68.6 Å². The lowest BCUT2D eigenvalue weighted by Gasteiger charge is -2.27. The molecule has 0 saturated heterocycles. The Morgan fingerprint density at radius 2 is 0.938 bits per heavy atom. The number of esters is 1. The summed E-state index contributed by atoms with van der Waals surface area (Å²) in [6, 6.07) is 33.3. The Morgan fingerprint density at radius 1 is 0.562 bits per heavy atom. The first kappa shape index (κ1) is 37.3. The van der Waals surface area contributed by atoms with Crippen LogP contribution in [0.3, 0.4) is 0 Å². The van der Waals surface area contributed by atoms with E-state index in [1.165, 1.54) is 7.11 Å².